The molecule has 1 saturated carbocycles. The highest BCUT2D eigenvalue weighted by Gasteiger charge is 2.35. The Morgan fingerprint density at radius 3 is 2.45 bits per heavy atom. The summed E-state index contributed by atoms with van der Waals surface area (Å²) in [4.78, 5) is 14.8. The molecule has 3 aliphatic rings. The zero-order valence-corrected chi connectivity index (χ0v) is 17.9. The number of piperazine rings is 1. The van der Waals surface area contributed by atoms with Crippen molar-refractivity contribution in [2.45, 2.75) is 37.0 Å². The van der Waals surface area contributed by atoms with Crippen LogP contribution in [0, 0.1) is 22.0 Å². The highest BCUT2D eigenvalue weighted by Crippen LogP contribution is 2.40. The molecule has 160 valence electrons. The summed E-state index contributed by atoms with van der Waals surface area (Å²) < 4.78 is 27.5. The summed E-state index contributed by atoms with van der Waals surface area (Å²) >= 11 is 0. The number of nitrogens with one attached hydrogen (secondary N) is 1. The molecule has 4 rings (SSSR count). The predicted molar refractivity (Wildman–Crippen MR) is 111 cm³/mol. The van der Waals surface area contributed by atoms with Gasteiger partial charge in [-0.05, 0) is 36.8 Å². The second kappa shape index (κ2) is 8.20. The van der Waals surface area contributed by atoms with E-state index < -0.39 is 14.9 Å². The largest absolute Gasteiger partial charge is 0.366 e. The van der Waals surface area contributed by atoms with Gasteiger partial charge in [0.2, 0.25) is 10.0 Å². The van der Waals surface area contributed by atoms with E-state index in [0.717, 1.165) is 38.5 Å². The molecule has 1 N–H and O–H groups in total. The van der Waals surface area contributed by atoms with Crippen molar-refractivity contribution in [3.8, 4) is 0 Å². The van der Waals surface area contributed by atoms with Crippen molar-refractivity contribution in [3.05, 3.63) is 28.3 Å². The van der Waals surface area contributed by atoms with Crippen molar-refractivity contribution in [2.75, 3.05) is 51.2 Å². The van der Waals surface area contributed by atoms with Gasteiger partial charge in [0.25, 0.3) is 5.69 Å². The van der Waals surface area contributed by atoms with Gasteiger partial charge in [-0.2, -0.15) is 4.31 Å². The highest BCUT2D eigenvalue weighted by atomic mass is 32.2. The molecule has 0 aromatic heterocycles. The van der Waals surface area contributed by atoms with E-state index in [0.29, 0.717) is 24.7 Å². The summed E-state index contributed by atoms with van der Waals surface area (Å²) in [6, 6.07) is 4.47. The van der Waals surface area contributed by atoms with Gasteiger partial charge in [0.15, 0.2) is 0 Å². The van der Waals surface area contributed by atoms with Crippen molar-refractivity contribution in [1.82, 2.24) is 4.31 Å². The molecule has 2 saturated heterocycles. The minimum absolute atomic E-state index is 0.0278. The summed E-state index contributed by atoms with van der Waals surface area (Å²) in [5.41, 5.74) is 0.459. The third-order valence-electron chi connectivity index (χ3n) is 6.99. The maximum absolute atomic E-state index is 13.0. The Balaban J connectivity index is 1.59. The van der Waals surface area contributed by atoms with Crippen molar-refractivity contribution in [2.24, 2.45) is 11.8 Å². The number of rotatable bonds is 4. The molecular weight excluding hydrogens is 392 g/mol. The molecule has 2 aliphatic heterocycles. The minimum Gasteiger partial charge on any atom is -0.366 e. The van der Waals surface area contributed by atoms with Crippen LogP contribution in [0.5, 0.6) is 0 Å². The molecule has 1 aliphatic carbocycles. The first-order valence-corrected chi connectivity index (χ1v) is 12.1. The number of benzene rings is 1. The number of nitro benzene ring substituents is 1. The summed E-state index contributed by atoms with van der Waals surface area (Å²) in [7, 11) is -1.67. The van der Waals surface area contributed by atoms with Crippen LogP contribution in [0.3, 0.4) is 0 Å². The van der Waals surface area contributed by atoms with E-state index in [1.807, 2.05) is 7.05 Å². The molecule has 3 fully saturated rings. The van der Waals surface area contributed by atoms with Crippen LogP contribution in [0.1, 0.15) is 32.1 Å². The van der Waals surface area contributed by atoms with Crippen LogP contribution in [0.4, 0.5) is 11.4 Å². The number of sulfonamides is 1. The van der Waals surface area contributed by atoms with Gasteiger partial charge in [0.1, 0.15) is 5.69 Å². The fourth-order valence-corrected chi connectivity index (χ4v) is 6.62. The summed E-state index contributed by atoms with van der Waals surface area (Å²) in [5, 5.41) is 11.8. The van der Waals surface area contributed by atoms with E-state index >= 15 is 0 Å². The maximum Gasteiger partial charge on any atom is 0.293 e. The Morgan fingerprint density at radius 2 is 1.76 bits per heavy atom. The third kappa shape index (κ3) is 4.13. The highest BCUT2D eigenvalue weighted by molar-refractivity contribution is 7.89. The van der Waals surface area contributed by atoms with Crippen LogP contribution in [-0.4, -0.2) is 64.0 Å². The Hall–Kier alpha value is -1.71. The van der Waals surface area contributed by atoms with Gasteiger partial charge in [-0.3, -0.25) is 10.1 Å². The quantitative estimate of drug-likeness (QED) is 0.579. The van der Waals surface area contributed by atoms with E-state index in [-0.39, 0.29) is 10.6 Å². The Labute approximate surface area is 172 Å². The maximum atomic E-state index is 13.0. The van der Waals surface area contributed by atoms with Crippen LogP contribution < -0.4 is 9.80 Å². The number of hydrogen-bond acceptors (Lipinski definition) is 5. The summed E-state index contributed by atoms with van der Waals surface area (Å²) in [6.45, 7) is 4.01. The number of hydrogen-bond donors (Lipinski definition) is 1. The zero-order valence-electron chi connectivity index (χ0n) is 17.0. The molecule has 0 bridgehead atoms. The first kappa shape index (κ1) is 20.6. The molecule has 0 spiro atoms. The lowest BCUT2D eigenvalue weighted by Crippen LogP contribution is -3.12. The number of piperidine rings is 1. The van der Waals surface area contributed by atoms with E-state index in [2.05, 4.69) is 4.90 Å². The molecule has 2 heterocycles. The van der Waals surface area contributed by atoms with Gasteiger partial charge in [0.05, 0.1) is 43.0 Å². The van der Waals surface area contributed by atoms with Crippen molar-refractivity contribution < 1.29 is 18.2 Å². The lowest BCUT2D eigenvalue weighted by atomic mass is 9.75. The number of fused-ring (bicyclic) bond motifs is 1. The SMILES string of the molecule is C[NH+]1CCN(S(=O)(=O)c2ccc(N3CC[C@H]4CCCC[C@@H]4C3)c([N+](=O)[O-])c2)CC1. The standard InChI is InChI=1S/C20H30N4O4S/c1-21-10-12-23(13-11-21)29(27,28)18-6-7-19(20(14-18)24(25)26)22-9-8-16-4-2-3-5-17(16)15-22/h6-7,14,16-17H,2-5,8-13,15H2,1H3/p+1/t16-,17-/m1/s1. The molecule has 8 nitrogen and oxygen atoms in total. The number of anilines is 1. The lowest BCUT2D eigenvalue weighted by molar-refractivity contribution is -0.883. The predicted octanol–water partition coefficient (Wildman–Crippen LogP) is 1.13. The molecule has 29 heavy (non-hydrogen) atoms. The van der Waals surface area contributed by atoms with Gasteiger partial charge >= 0.3 is 0 Å². The Bertz CT molecular complexity index is 867. The first-order valence-electron chi connectivity index (χ1n) is 10.7. The lowest BCUT2D eigenvalue weighted by Gasteiger charge is -2.42. The van der Waals surface area contributed by atoms with Crippen LogP contribution in [0.2, 0.25) is 0 Å². The third-order valence-corrected chi connectivity index (χ3v) is 8.88. The molecule has 0 amide bonds. The van der Waals surface area contributed by atoms with Gasteiger partial charge < -0.3 is 9.80 Å². The minimum atomic E-state index is -3.71. The molecule has 1 aromatic carbocycles. The number of likely N-dealkylation sites (N-methyl/N-ethyl adjacent to an activating group) is 1. The van der Waals surface area contributed by atoms with Crippen LogP contribution in [0.25, 0.3) is 0 Å². The number of quaternary nitrogens is 1. The molecule has 0 radical (unpaired) electrons. The summed E-state index contributed by atoms with van der Waals surface area (Å²) in [5.74, 6) is 1.33. The molecule has 9 heteroatoms. The topological polar surface area (TPSA) is 88.2 Å². The van der Waals surface area contributed by atoms with E-state index in [4.69, 9.17) is 0 Å². The molecule has 2 atom stereocenters. The average molecular weight is 424 g/mol. The first-order chi connectivity index (χ1) is 13.9. The average Bonchev–Trinajstić information content (AvgIpc) is 2.73. The Morgan fingerprint density at radius 1 is 1.07 bits per heavy atom. The van der Waals surface area contributed by atoms with Gasteiger partial charge in [-0.1, -0.05) is 19.3 Å². The normalized spacial score (nSPS) is 26.9. The molecular formula is C20H31N4O4S+. The Kier molecular flexibility index (Phi) is 5.81. The van der Waals surface area contributed by atoms with Crippen molar-refractivity contribution >= 4 is 21.4 Å². The van der Waals surface area contributed by atoms with E-state index in [1.165, 1.54) is 41.0 Å². The van der Waals surface area contributed by atoms with E-state index in [9.17, 15) is 18.5 Å². The number of nitrogens with zero attached hydrogens (tertiary/aromatic N) is 3. The summed E-state index contributed by atoms with van der Waals surface area (Å²) in [6.07, 6.45) is 6.05. The number of nitro groups is 1. The zero-order chi connectivity index (χ0) is 20.6. The van der Waals surface area contributed by atoms with Gasteiger partial charge in [0, 0.05) is 19.2 Å². The second-order valence-electron chi connectivity index (χ2n) is 8.81. The van der Waals surface area contributed by atoms with Crippen LogP contribution in [-0.2, 0) is 10.0 Å². The van der Waals surface area contributed by atoms with Crippen molar-refractivity contribution in [1.29, 1.82) is 0 Å². The van der Waals surface area contributed by atoms with Gasteiger partial charge in [-0.25, -0.2) is 8.42 Å². The van der Waals surface area contributed by atoms with Crippen molar-refractivity contribution in [3.63, 3.8) is 0 Å². The molecule has 0 unspecified atom stereocenters. The smallest absolute Gasteiger partial charge is 0.293 e. The fourth-order valence-electron chi connectivity index (χ4n) is 5.15. The van der Waals surface area contributed by atoms with Crippen LogP contribution >= 0.6 is 0 Å². The second-order valence-corrected chi connectivity index (χ2v) is 10.7. The monoisotopic (exact) mass is 423 g/mol. The van der Waals surface area contributed by atoms with E-state index in [1.54, 1.807) is 12.1 Å². The molecule has 1 aromatic rings. The van der Waals surface area contributed by atoms with Gasteiger partial charge in [-0.15, -0.1) is 0 Å². The van der Waals surface area contributed by atoms with Crippen LogP contribution in [0.15, 0.2) is 23.1 Å². The fraction of sp³-hybridized carbons (Fsp3) is 0.700.